The van der Waals surface area contributed by atoms with E-state index in [1.165, 1.54) is 57.5 Å². The number of benzene rings is 1. The second kappa shape index (κ2) is 7.26. The van der Waals surface area contributed by atoms with Crippen molar-refractivity contribution in [3.05, 3.63) is 29.8 Å². The minimum Gasteiger partial charge on any atom is -0.497 e. The van der Waals surface area contributed by atoms with Crippen molar-refractivity contribution >= 4 is 0 Å². The van der Waals surface area contributed by atoms with Gasteiger partial charge in [0.15, 0.2) is 0 Å². The Bertz CT molecular complexity index is 572. The average molecular weight is 344 g/mol. The van der Waals surface area contributed by atoms with Gasteiger partial charge in [-0.1, -0.05) is 12.1 Å². The molecule has 2 heterocycles. The molecule has 2 atom stereocenters. The highest BCUT2D eigenvalue weighted by molar-refractivity contribution is 5.27. The van der Waals surface area contributed by atoms with E-state index in [9.17, 15) is 0 Å². The number of likely N-dealkylation sites (tertiary alicyclic amines) is 2. The number of rotatable bonds is 7. The SMILES string of the molecule is COC[C@H]1CN(CC2CC2)C[C@@]12CCN(Cc1ccc(OC)cc1)C2. The molecule has 25 heavy (non-hydrogen) atoms. The van der Waals surface area contributed by atoms with Gasteiger partial charge in [-0.25, -0.2) is 0 Å². The van der Waals surface area contributed by atoms with Crippen LogP contribution in [0.3, 0.4) is 0 Å². The zero-order valence-electron chi connectivity index (χ0n) is 15.7. The molecule has 1 aromatic rings. The summed E-state index contributed by atoms with van der Waals surface area (Å²) in [6, 6.07) is 8.54. The Hall–Kier alpha value is -1.10. The van der Waals surface area contributed by atoms with Gasteiger partial charge in [0, 0.05) is 51.2 Å². The molecule has 0 aromatic heterocycles. The number of nitrogens with zero attached hydrogens (tertiary/aromatic N) is 2. The van der Waals surface area contributed by atoms with Crippen LogP contribution in [0.1, 0.15) is 24.8 Å². The molecule has 4 nitrogen and oxygen atoms in total. The Balaban J connectivity index is 1.39. The van der Waals surface area contributed by atoms with E-state index in [2.05, 4.69) is 34.1 Å². The van der Waals surface area contributed by atoms with E-state index in [1.807, 2.05) is 7.11 Å². The molecule has 0 N–H and O–H groups in total. The van der Waals surface area contributed by atoms with E-state index in [1.54, 1.807) is 7.11 Å². The molecule has 0 amide bonds. The monoisotopic (exact) mass is 344 g/mol. The molecular weight excluding hydrogens is 312 g/mol. The van der Waals surface area contributed by atoms with Crippen LogP contribution in [0.4, 0.5) is 0 Å². The third-order valence-corrected chi connectivity index (χ3v) is 6.49. The first-order valence-electron chi connectivity index (χ1n) is 9.77. The summed E-state index contributed by atoms with van der Waals surface area (Å²) in [4.78, 5) is 5.38. The molecule has 3 aliphatic rings. The summed E-state index contributed by atoms with van der Waals surface area (Å²) in [6.45, 7) is 8.22. The maximum Gasteiger partial charge on any atom is 0.118 e. The Kier molecular flexibility index (Phi) is 5.03. The van der Waals surface area contributed by atoms with E-state index in [0.717, 1.165) is 24.8 Å². The fourth-order valence-electron chi connectivity index (χ4n) is 4.95. The molecule has 1 spiro atoms. The minimum absolute atomic E-state index is 0.442. The Morgan fingerprint density at radius 1 is 1.08 bits per heavy atom. The van der Waals surface area contributed by atoms with Crippen molar-refractivity contribution in [1.29, 1.82) is 0 Å². The van der Waals surface area contributed by atoms with Crippen molar-refractivity contribution in [3.63, 3.8) is 0 Å². The van der Waals surface area contributed by atoms with Crippen LogP contribution in [-0.2, 0) is 11.3 Å². The summed E-state index contributed by atoms with van der Waals surface area (Å²) in [6.07, 6.45) is 4.21. The molecule has 2 saturated heterocycles. The normalized spacial score (nSPS) is 30.4. The standard InChI is InChI=1S/C21H32N2O2/c1-24-14-19-13-23(12-17-3-4-17)16-21(19)9-10-22(15-21)11-18-5-7-20(25-2)8-6-18/h5-8,17,19H,3-4,9-16H2,1-2H3/t19-,21+/m1/s1. The maximum absolute atomic E-state index is 5.60. The lowest BCUT2D eigenvalue weighted by Crippen LogP contribution is -2.36. The Morgan fingerprint density at radius 3 is 2.52 bits per heavy atom. The van der Waals surface area contributed by atoms with Crippen LogP contribution >= 0.6 is 0 Å². The topological polar surface area (TPSA) is 24.9 Å². The molecule has 1 aliphatic carbocycles. The first-order valence-corrected chi connectivity index (χ1v) is 9.77. The third kappa shape index (κ3) is 3.86. The number of methoxy groups -OCH3 is 2. The second-order valence-corrected chi connectivity index (χ2v) is 8.46. The van der Waals surface area contributed by atoms with Gasteiger partial charge in [0.05, 0.1) is 13.7 Å². The van der Waals surface area contributed by atoms with Crippen molar-refractivity contribution < 1.29 is 9.47 Å². The molecular formula is C21H32N2O2. The third-order valence-electron chi connectivity index (χ3n) is 6.49. The van der Waals surface area contributed by atoms with E-state index in [-0.39, 0.29) is 0 Å². The van der Waals surface area contributed by atoms with Crippen LogP contribution < -0.4 is 4.74 Å². The van der Waals surface area contributed by atoms with Crippen LogP contribution in [0.15, 0.2) is 24.3 Å². The molecule has 1 aromatic carbocycles. The summed E-state index contributed by atoms with van der Waals surface area (Å²) in [5.41, 5.74) is 1.83. The van der Waals surface area contributed by atoms with E-state index in [0.29, 0.717) is 11.3 Å². The van der Waals surface area contributed by atoms with Gasteiger partial charge >= 0.3 is 0 Å². The number of hydrogen-bond acceptors (Lipinski definition) is 4. The Morgan fingerprint density at radius 2 is 1.84 bits per heavy atom. The zero-order valence-corrected chi connectivity index (χ0v) is 15.7. The molecule has 0 unspecified atom stereocenters. The predicted molar refractivity (Wildman–Crippen MR) is 99.9 cm³/mol. The summed E-state index contributed by atoms with van der Waals surface area (Å²) in [5.74, 6) is 2.61. The summed E-state index contributed by atoms with van der Waals surface area (Å²) in [5, 5.41) is 0. The highest BCUT2D eigenvalue weighted by Gasteiger charge is 2.50. The lowest BCUT2D eigenvalue weighted by atomic mass is 9.77. The molecule has 4 heteroatoms. The quantitative estimate of drug-likeness (QED) is 0.759. The van der Waals surface area contributed by atoms with E-state index >= 15 is 0 Å². The number of hydrogen-bond donors (Lipinski definition) is 0. The first-order chi connectivity index (χ1) is 12.2. The van der Waals surface area contributed by atoms with Gasteiger partial charge in [-0.05, 0) is 49.4 Å². The van der Waals surface area contributed by atoms with Crippen molar-refractivity contribution in [3.8, 4) is 5.75 Å². The minimum atomic E-state index is 0.442. The lowest BCUT2D eigenvalue weighted by molar-refractivity contribution is 0.0959. The Labute approximate surface area is 152 Å². The first kappa shape index (κ1) is 17.3. The summed E-state index contributed by atoms with van der Waals surface area (Å²) >= 11 is 0. The summed E-state index contributed by atoms with van der Waals surface area (Å²) in [7, 11) is 3.59. The molecule has 3 fully saturated rings. The smallest absolute Gasteiger partial charge is 0.118 e. The van der Waals surface area contributed by atoms with E-state index < -0.39 is 0 Å². The largest absolute Gasteiger partial charge is 0.497 e. The highest BCUT2D eigenvalue weighted by Crippen LogP contribution is 2.45. The van der Waals surface area contributed by atoms with Crippen molar-refractivity contribution in [2.45, 2.75) is 25.8 Å². The second-order valence-electron chi connectivity index (χ2n) is 8.46. The lowest BCUT2D eigenvalue weighted by Gasteiger charge is -2.30. The molecule has 0 radical (unpaired) electrons. The summed E-state index contributed by atoms with van der Waals surface area (Å²) < 4.78 is 10.9. The van der Waals surface area contributed by atoms with Gasteiger partial charge < -0.3 is 14.4 Å². The van der Waals surface area contributed by atoms with Gasteiger partial charge in [-0.15, -0.1) is 0 Å². The van der Waals surface area contributed by atoms with Gasteiger partial charge in [-0.3, -0.25) is 4.90 Å². The maximum atomic E-state index is 5.60. The van der Waals surface area contributed by atoms with Crippen molar-refractivity contribution in [2.24, 2.45) is 17.3 Å². The van der Waals surface area contributed by atoms with Crippen LogP contribution in [0.2, 0.25) is 0 Å². The van der Waals surface area contributed by atoms with Crippen molar-refractivity contribution in [2.75, 3.05) is 53.6 Å². The van der Waals surface area contributed by atoms with Crippen molar-refractivity contribution in [1.82, 2.24) is 9.80 Å². The van der Waals surface area contributed by atoms with Crippen LogP contribution in [0, 0.1) is 17.3 Å². The van der Waals surface area contributed by atoms with E-state index in [4.69, 9.17) is 9.47 Å². The fourth-order valence-corrected chi connectivity index (χ4v) is 4.95. The van der Waals surface area contributed by atoms with Gasteiger partial charge in [0.25, 0.3) is 0 Å². The van der Waals surface area contributed by atoms with Gasteiger partial charge in [0.2, 0.25) is 0 Å². The molecule has 4 rings (SSSR count). The zero-order chi connectivity index (χ0) is 17.3. The average Bonchev–Trinajstić information content (AvgIpc) is 3.25. The van der Waals surface area contributed by atoms with Crippen LogP contribution in [0.25, 0.3) is 0 Å². The molecule has 0 bridgehead atoms. The molecule has 1 saturated carbocycles. The molecule has 2 aliphatic heterocycles. The predicted octanol–water partition coefficient (Wildman–Crippen LogP) is 2.88. The number of ether oxygens (including phenoxy) is 2. The van der Waals surface area contributed by atoms with Gasteiger partial charge in [-0.2, -0.15) is 0 Å². The van der Waals surface area contributed by atoms with Crippen LogP contribution in [-0.4, -0.2) is 63.4 Å². The molecule has 138 valence electrons. The highest BCUT2D eigenvalue weighted by atomic mass is 16.5. The van der Waals surface area contributed by atoms with Gasteiger partial charge in [0.1, 0.15) is 5.75 Å². The fraction of sp³-hybridized carbons (Fsp3) is 0.714. The van der Waals surface area contributed by atoms with Crippen LogP contribution in [0.5, 0.6) is 5.75 Å².